The van der Waals surface area contributed by atoms with Crippen LogP contribution in [0.3, 0.4) is 0 Å². The zero-order valence-corrected chi connectivity index (χ0v) is 20.3. The van der Waals surface area contributed by atoms with Gasteiger partial charge in [0.2, 0.25) is 0 Å². The number of hydrogen-bond acceptors (Lipinski definition) is 1. The standard InChI is InChI=1S/C17H18ClN3O.U.V/c1-10-7-12(17(2,3)4)16(22)15(8-10)21-19-13-6-5-11(18)9-14(13)20(19)21;;/h5-9,22H,1-4H3;;. The topological polar surface area (TPSA) is 34.0 Å². The molecule has 7 heteroatoms. The Hall–Kier alpha value is -0.434. The van der Waals surface area contributed by atoms with Gasteiger partial charge >= 0.3 is 0 Å². The van der Waals surface area contributed by atoms with E-state index in [1.807, 2.05) is 38.3 Å². The molecule has 24 heavy (non-hydrogen) atoms. The minimum Gasteiger partial charge on any atom is -0.505 e. The fraction of sp³-hybridized carbons (Fsp3) is 0.294. The number of aromatic nitrogens is 3. The molecular weight excluding hydrogens is 587 g/mol. The smallest absolute Gasteiger partial charge is 0.146 e. The molecule has 4 aromatic rings. The van der Waals surface area contributed by atoms with Crippen molar-refractivity contribution in [3.05, 3.63) is 46.5 Å². The normalized spacial score (nSPS) is 11.9. The van der Waals surface area contributed by atoms with Crippen molar-refractivity contribution in [1.82, 2.24) is 14.1 Å². The molecule has 0 saturated carbocycles. The minimum absolute atomic E-state index is 0. The summed E-state index contributed by atoms with van der Waals surface area (Å²) in [6.45, 7) is 8.38. The van der Waals surface area contributed by atoms with Crippen LogP contribution in [0.25, 0.3) is 16.7 Å². The molecule has 4 nitrogen and oxygen atoms in total. The van der Waals surface area contributed by atoms with Gasteiger partial charge in [-0.3, -0.25) is 0 Å². The van der Waals surface area contributed by atoms with Gasteiger partial charge in [0.25, 0.3) is 0 Å². The largest absolute Gasteiger partial charge is 0.505 e. The van der Waals surface area contributed by atoms with E-state index in [0.29, 0.717) is 10.8 Å². The van der Waals surface area contributed by atoms with E-state index in [0.717, 1.165) is 27.8 Å². The molecule has 4 rings (SSSR count). The molecule has 1 N–H and O–H groups in total. The zero-order valence-electron chi connectivity index (χ0n) is 14.0. The summed E-state index contributed by atoms with van der Waals surface area (Å²) in [5.74, 6) is 0.338. The molecule has 0 saturated heterocycles. The van der Waals surface area contributed by atoms with Gasteiger partial charge in [0.1, 0.15) is 22.5 Å². The first kappa shape index (κ1) is 19.9. The molecular formula is C17H18ClN3OUV. The summed E-state index contributed by atoms with van der Waals surface area (Å²) >= 11 is 6.06. The van der Waals surface area contributed by atoms with Gasteiger partial charge in [-0.25, -0.2) is 0 Å². The molecule has 123 valence electrons. The summed E-state index contributed by atoms with van der Waals surface area (Å²) < 4.78 is 4.02. The molecule has 2 aromatic carbocycles. The molecule has 0 amide bonds. The monoisotopic (exact) mass is 604 g/mol. The van der Waals surface area contributed by atoms with Crippen LogP contribution in [0.15, 0.2) is 30.3 Å². The van der Waals surface area contributed by atoms with E-state index in [4.69, 9.17) is 11.6 Å². The average Bonchev–Trinajstić information content (AvgIpc) is 3.07. The van der Waals surface area contributed by atoms with Crippen molar-refractivity contribution in [1.29, 1.82) is 0 Å². The number of hydrogen-bond donors (Lipinski definition) is 1. The van der Waals surface area contributed by atoms with E-state index < -0.39 is 0 Å². The van der Waals surface area contributed by atoms with Gasteiger partial charge < -0.3 is 5.11 Å². The Morgan fingerprint density at radius 2 is 1.62 bits per heavy atom. The fourth-order valence-electron chi connectivity index (χ4n) is 3.00. The first-order valence-electron chi connectivity index (χ1n) is 7.33. The van der Waals surface area contributed by atoms with E-state index in [2.05, 4.69) is 33.8 Å². The summed E-state index contributed by atoms with van der Waals surface area (Å²) in [6, 6.07) is 9.87. The maximum atomic E-state index is 10.7. The maximum Gasteiger partial charge on any atom is 0.146 e. The first-order chi connectivity index (χ1) is 10.3. The van der Waals surface area contributed by atoms with Crippen LogP contribution in [0.5, 0.6) is 5.75 Å². The van der Waals surface area contributed by atoms with Crippen molar-refractivity contribution in [2.45, 2.75) is 33.1 Å². The second kappa shape index (κ2) is 6.38. The number of aryl methyl sites for hydroxylation is 1. The third kappa shape index (κ3) is 2.85. The summed E-state index contributed by atoms with van der Waals surface area (Å²) in [5.41, 5.74) is 4.94. The Kier molecular flexibility index (Phi) is 5.28. The van der Waals surface area contributed by atoms with Crippen molar-refractivity contribution in [2.24, 2.45) is 0 Å². The summed E-state index contributed by atoms with van der Waals surface area (Å²) in [5, 5.41) is 11.5. The second-order valence-electron chi connectivity index (χ2n) is 6.93. The van der Waals surface area contributed by atoms with Gasteiger partial charge in [-0.2, -0.15) is 0 Å². The summed E-state index contributed by atoms with van der Waals surface area (Å²) in [6.07, 6.45) is 0. The van der Waals surface area contributed by atoms with Crippen molar-refractivity contribution in [3.8, 4) is 11.4 Å². The molecule has 0 spiro atoms. The van der Waals surface area contributed by atoms with Gasteiger partial charge in [-0.15, -0.1) is 14.1 Å². The number of phenolic OH excluding ortho intramolecular Hbond substituents is 1. The van der Waals surface area contributed by atoms with Gasteiger partial charge in [0.15, 0.2) is 0 Å². The minimum atomic E-state index is -0.110. The van der Waals surface area contributed by atoms with Crippen LogP contribution in [0.1, 0.15) is 31.9 Å². The van der Waals surface area contributed by atoms with E-state index in [9.17, 15) is 5.11 Å². The van der Waals surface area contributed by atoms with Crippen LogP contribution in [0.4, 0.5) is 0 Å². The van der Waals surface area contributed by atoms with Crippen LogP contribution in [0.2, 0.25) is 5.02 Å². The number of aromatic hydroxyl groups is 1. The Morgan fingerprint density at radius 1 is 1.00 bits per heavy atom. The predicted molar refractivity (Wildman–Crippen MR) is 89.0 cm³/mol. The van der Waals surface area contributed by atoms with Crippen LogP contribution in [-0.4, -0.2) is 19.2 Å². The molecule has 0 aliphatic rings. The van der Waals surface area contributed by atoms with Gasteiger partial charge in [-0.1, -0.05) is 38.4 Å². The average molecular weight is 605 g/mol. The van der Waals surface area contributed by atoms with Crippen LogP contribution in [0, 0.1) is 38.0 Å². The molecule has 0 atom stereocenters. The third-order valence-electron chi connectivity index (χ3n) is 4.13. The SMILES string of the molecule is Cc1cc(-n2n3c4ccc(Cl)cc4n23)c(O)c(C(C)(C)C)c1.[U].[V]. The van der Waals surface area contributed by atoms with Gasteiger partial charge in [0.05, 0.1) is 0 Å². The van der Waals surface area contributed by atoms with Crippen molar-refractivity contribution in [2.75, 3.05) is 0 Å². The van der Waals surface area contributed by atoms with E-state index in [-0.39, 0.29) is 55.1 Å². The number of benzene rings is 2. The molecule has 1 radical (unpaired) electrons. The number of fused-ring (bicyclic) bond motifs is 4. The molecule has 0 unspecified atom stereocenters. The van der Waals surface area contributed by atoms with E-state index in [1.54, 1.807) is 0 Å². The predicted octanol–water partition coefficient (Wildman–Crippen LogP) is 4.38. The van der Waals surface area contributed by atoms with Gasteiger partial charge in [-0.05, 0) is 42.2 Å². The van der Waals surface area contributed by atoms with E-state index in [1.165, 1.54) is 0 Å². The van der Waals surface area contributed by atoms with Crippen LogP contribution >= 0.6 is 11.6 Å². The van der Waals surface area contributed by atoms with Crippen LogP contribution < -0.4 is 0 Å². The quantitative estimate of drug-likeness (QED) is 0.344. The summed E-state index contributed by atoms with van der Waals surface area (Å²) in [7, 11) is 0. The first-order valence-corrected chi connectivity index (χ1v) is 7.70. The maximum absolute atomic E-state index is 10.7. The van der Waals surface area contributed by atoms with Gasteiger partial charge in [0, 0.05) is 60.3 Å². The Labute approximate surface area is 181 Å². The van der Waals surface area contributed by atoms with Crippen molar-refractivity contribution < 1.29 is 54.8 Å². The number of nitrogens with zero attached hydrogens (tertiary/aromatic N) is 3. The molecule has 0 fully saturated rings. The molecule has 0 aliphatic carbocycles. The third-order valence-corrected chi connectivity index (χ3v) is 4.37. The second-order valence-corrected chi connectivity index (χ2v) is 7.37. The van der Waals surface area contributed by atoms with Crippen molar-refractivity contribution in [3.63, 3.8) is 0 Å². The number of halogens is 1. The fourth-order valence-corrected chi connectivity index (χ4v) is 3.17. The zero-order chi connectivity index (χ0) is 15.8. The Morgan fingerprint density at radius 3 is 2.25 bits per heavy atom. The van der Waals surface area contributed by atoms with E-state index >= 15 is 0 Å². The Bertz CT molecular complexity index is 1010. The molecule has 2 heterocycles. The number of rotatable bonds is 1. The summed E-state index contributed by atoms with van der Waals surface area (Å²) in [4.78, 5) is 1.97. The number of phenols is 1. The molecule has 0 aliphatic heterocycles. The van der Waals surface area contributed by atoms with Crippen LogP contribution in [-0.2, 0) is 24.0 Å². The molecule has 0 bridgehead atoms. The Balaban J connectivity index is 0.00000104. The van der Waals surface area contributed by atoms with Crippen molar-refractivity contribution >= 4 is 22.6 Å². The molecule has 2 aromatic heterocycles.